The standard InChI is InChI=1S/C11H11BrO3/c1-14-8-5-6-3-4-7(13)9(6)10(12)11(8)15-2/h5H,3-4H2,1-2H3. The van der Waals surface area contributed by atoms with Crippen LogP contribution in [0.3, 0.4) is 0 Å². The molecule has 1 aliphatic carbocycles. The van der Waals surface area contributed by atoms with Crippen LogP contribution in [0.25, 0.3) is 0 Å². The number of ketones is 1. The Kier molecular flexibility index (Phi) is 2.69. The molecule has 1 aromatic carbocycles. The normalized spacial score (nSPS) is 13.9. The predicted octanol–water partition coefficient (Wildman–Crippen LogP) is 2.60. The van der Waals surface area contributed by atoms with Gasteiger partial charge in [-0.1, -0.05) is 0 Å². The Hall–Kier alpha value is -1.03. The third-order valence-electron chi connectivity index (χ3n) is 2.59. The quantitative estimate of drug-likeness (QED) is 0.829. The fraction of sp³-hybridized carbons (Fsp3) is 0.364. The van der Waals surface area contributed by atoms with E-state index in [2.05, 4.69) is 15.9 Å². The zero-order chi connectivity index (χ0) is 11.0. The molecular formula is C11H11BrO3. The van der Waals surface area contributed by atoms with E-state index in [1.807, 2.05) is 6.07 Å². The number of halogens is 1. The summed E-state index contributed by atoms with van der Waals surface area (Å²) in [6.07, 6.45) is 1.36. The van der Waals surface area contributed by atoms with Gasteiger partial charge in [0, 0.05) is 12.0 Å². The number of hydrogen-bond donors (Lipinski definition) is 0. The van der Waals surface area contributed by atoms with Gasteiger partial charge in [-0.05, 0) is 34.0 Å². The van der Waals surface area contributed by atoms with Crippen LogP contribution in [0.4, 0.5) is 0 Å². The molecule has 2 rings (SSSR count). The van der Waals surface area contributed by atoms with Gasteiger partial charge in [0.25, 0.3) is 0 Å². The van der Waals surface area contributed by atoms with E-state index in [1.54, 1.807) is 14.2 Å². The Morgan fingerprint density at radius 3 is 2.60 bits per heavy atom. The molecule has 4 heteroatoms. The summed E-state index contributed by atoms with van der Waals surface area (Å²) in [5.41, 5.74) is 1.78. The fourth-order valence-corrected chi connectivity index (χ4v) is 2.71. The zero-order valence-corrected chi connectivity index (χ0v) is 10.2. The highest BCUT2D eigenvalue weighted by Crippen LogP contribution is 2.42. The van der Waals surface area contributed by atoms with Gasteiger partial charge in [0.05, 0.1) is 18.7 Å². The summed E-state index contributed by atoms with van der Waals surface area (Å²) in [4.78, 5) is 11.6. The lowest BCUT2D eigenvalue weighted by molar-refractivity contribution is 0.0993. The maximum atomic E-state index is 11.6. The Bertz CT molecular complexity index is 426. The molecule has 0 saturated carbocycles. The molecule has 80 valence electrons. The van der Waals surface area contributed by atoms with Gasteiger partial charge < -0.3 is 9.47 Å². The van der Waals surface area contributed by atoms with Crippen molar-refractivity contribution in [2.75, 3.05) is 14.2 Å². The van der Waals surface area contributed by atoms with Crippen molar-refractivity contribution in [3.63, 3.8) is 0 Å². The minimum atomic E-state index is 0.165. The van der Waals surface area contributed by atoms with E-state index in [0.717, 1.165) is 17.5 Å². The van der Waals surface area contributed by atoms with Gasteiger partial charge in [0.1, 0.15) is 0 Å². The Morgan fingerprint density at radius 2 is 2.00 bits per heavy atom. The second kappa shape index (κ2) is 3.85. The second-order valence-electron chi connectivity index (χ2n) is 3.38. The van der Waals surface area contributed by atoms with Crippen LogP contribution in [0.15, 0.2) is 10.5 Å². The Balaban J connectivity index is 2.67. The number of Topliss-reactive ketones (excluding diaryl/α,β-unsaturated/α-hetero) is 1. The van der Waals surface area contributed by atoms with E-state index < -0.39 is 0 Å². The molecule has 0 radical (unpaired) electrons. The van der Waals surface area contributed by atoms with Crippen LogP contribution in [-0.2, 0) is 6.42 Å². The molecule has 1 aromatic rings. The van der Waals surface area contributed by atoms with Crippen molar-refractivity contribution >= 4 is 21.7 Å². The molecule has 0 atom stereocenters. The summed E-state index contributed by atoms with van der Waals surface area (Å²) >= 11 is 3.40. The van der Waals surface area contributed by atoms with Gasteiger partial charge >= 0.3 is 0 Å². The van der Waals surface area contributed by atoms with Crippen molar-refractivity contribution in [1.29, 1.82) is 0 Å². The van der Waals surface area contributed by atoms with E-state index in [9.17, 15) is 4.79 Å². The van der Waals surface area contributed by atoms with Gasteiger partial charge in [-0.2, -0.15) is 0 Å². The van der Waals surface area contributed by atoms with Crippen LogP contribution in [0, 0.1) is 0 Å². The van der Waals surface area contributed by atoms with Crippen molar-refractivity contribution in [1.82, 2.24) is 0 Å². The number of rotatable bonds is 2. The first kappa shape index (κ1) is 10.5. The molecule has 0 N–H and O–H groups in total. The summed E-state index contributed by atoms with van der Waals surface area (Å²) in [5, 5.41) is 0. The molecule has 0 bridgehead atoms. The molecule has 0 heterocycles. The van der Waals surface area contributed by atoms with Crippen molar-refractivity contribution in [3.05, 3.63) is 21.7 Å². The lowest BCUT2D eigenvalue weighted by Gasteiger charge is -2.12. The largest absolute Gasteiger partial charge is 0.493 e. The third-order valence-corrected chi connectivity index (χ3v) is 3.35. The summed E-state index contributed by atoms with van der Waals surface area (Å²) in [7, 11) is 3.15. The minimum absolute atomic E-state index is 0.165. The summed E-state index contributed by atoms with van der Waals surface area (Å²) in [6.45, 7) is 0. The molecule has 3 nitrogen and oxygen atoms in total. The van der Waals surface area contributed by atoms with E-state index in [-0.39, 0.29) is 5.78 Å². The molecule has 0 aromatic heterocycles. The topological polar surface area (TPSA) is 35.5 Å². The number of carbonyl (C=O) groups is 1. The summed E-state index contributed by atoms with van der Waals surface area (Å²) in [5.74, 6) is 1.42. The zero-order valence-electron chi connectivity index (χ0n) is 8.59. The van der Waals surface area contributed by atoms with E-state index >= 15 is 0 Å². The van der Waals surface area contributed by atoms with Crippen LogP contribution in [0.5, 0.6) is 11.5 Å². The lowest BCUT2D eigenvalue weighted by atomic mass is 10.1. The smallest absolute Gasteiger partial charge is 0.175 e. The number of fused-ring (bicyclic) bond motifs is 1. The number of methoxy groups -OCH3 is 2. The van der Waals surface area contributed by atoms with Gasteiger partial charge in [0.2, 0.25) is 0 Å². The third kappa shape index (κ3) is 1.53. The van der Waals surface area contributed by atoms with Gasteiger partial charge in [-0.25, -0.2) is 0 Å². The minimum Gasteiger partial charge on any atom is -0.493 e. The van der Waals surface area contributed by atoms with E-state index in [1.165, 1.54) is 0 Å². The molecule has 0 saturated heterocycles. The first-order chi connectivity index (χ1) is 7.19. The van der Waals surface area contributed by atoms with Crippen LogP contribution in [0.1, 0.15) is 22.3 Å². The first-order valence-electron chi connectivity index (χ1n) is 4.65. The lowest BCUT2D eigenvalue weighted by Crippen LogP contribution is -1.98. The van der Waals surface area contributed by atoms with Gasteiger partial charge in [0.15, 0.2) is 17.3 Å². The highest BCUT2D eigenvalue weighted by Gasteiger charge is 2.27. The number of hydrogen-bond acceptors (Lipinski definition) is 3. The Labute approximate surface area is 96.5 Å². The monoisotopic (exact) mass is 270 g/mol. The van der Waals surface area contributed by atoms with Crippen molar-refractivity contribution in [2.24, 2.45) is 0 Å². The predicted molar refractivity (Wildman–Crippen MR) is 59.9 cm³/mol. The maximum absolute atomic E-state index is 11.6. The second-order valence-corrected chi connectivity index (χ2v) is 4.18. The van der Waals surface area contributed by atoms with E-state index in [4.69, 9.17) is 9.47 Å². The molecule has 0 aliphatic heterocycles. The molecular weight excluding hydrogens is 260 g/mol. The summed E-state index contributed by atoms with van der Waals surface area (Å²) < 4.78 is 11.1. The molecule has 0 spiro atoms. The summed E-state index contributed by atoms with van der Waals surface area (Å²) in [6, 6.07) is 1.88. The van der Waals surface area contributed by atoms with Crippen LogP contribution in [0.2, 0.25) is 0 Å². The average molecular weight is 271 g/mol. The maximum Gasteiger partial charge on any atom is 0.175 e. The van der Waals surface area contributed by atoms with Crippen molar-refractivity contribution < 1.29 is 14.3 Å². The number of carbonyl (C=O) groups excluding carboxylic acids is 1. The van der Waals surface area contributed by atoms with Crippen LogP contribution >= 0.6 is 15.9 Å². The SMILES string of the molecule is COc1cc2c(c(Br)c1OC)C(=O)CC2. The number of aryl methyl sites for hydroxylation is 1. The first-order valence-corrected chi connectivity index (χ1v) is 5.45. The van der Waals surface area contributed by atoms with Crippen molar-refractivity contribution in [3.8, 4) is 11.5 Å². The average Bonchev–Trinajstić information content (AvgIpc) is 2.60. The van der Waals surface area contributed by atoms with Crippen LogP contribution in [-0.4, -0.2) is 20.0 Å². The highest BCUT2D eigenvalue weighted by molar-refractivity contribution is 9.10. The molecule has 0 amide bonds. The Morgan fingerprint density at radius 1 is 1.27 bits per heavy atom. The van der Waals surface area contributed by atoms with Gasteiger partial charge in [-0.15, -0.1) is 0 Å². The molecule has 0 fully saturated rings. The van der Waals surface area contributed by atoms with E-state index in [0.29, 0.717) is 22.4 Å². The van der Waals surface area contributed by atoms with Crippen LogP contribution < -0.4 is 9.47 Å². The molecule has 0 unspecified atom stereocenters. The van der Waals surface area contributed by atoms with Crippen molar-refractivity contribution in [2.45, 2.75) is 12.8 Å². The fourth-order valence-electron chi connectivity index (χ4n) is 1.87. The number of ether oxygens (including phenoxy) is 2. The van der Waals surface area contributed by atoms with Gasteiger partial charge in [-0.3, -0.25) is 4.79 Å². The molecule has 1 aliphatic rings. The highest BCUT2D eigenvalue weighted by atomic mass is 79.9. The number of benzene rings is 1. The molecule has 15 heavy (non-hydrogen) atoms.